The van der Waals surface area contributed by atoms with Crippen LogP contribution >= 0.6 is 0 Å². The molecule has 0 aromatic carbocycles. The molecule has 0 saturated carbocycles. The number of ether oxygens (including phenoxy) is 3. The summed E-state index contributed by atoms with van der Waals surface area (Å²) in [4.78, 5) is 25.5. The Labute approximate surface area is 132 Å². The zero-order valence-electron chi connectivity index (χ0n) is 14.5. The van der Waals surface area contributed by atoms with Crippen molar-refractivity contribution in [2.24, 2.45) is 5.92 Å². The van der Waals surface area contributed by atoms with Gasteiger partial charge < -0.3 is 14.2 Å². The fraction of sp³-hybridized carbons (Fsp3) is 0.882. The number of hydrogen-bond donors (Lipinski definition) is 0. The average molecular weight is 312 g/mol. The topological polar surface area (TPSA) is 61.8 Å². The molecule has 2 aliphatic rings. The first-order chi connectivity index (χ1) is 10.1. The molecule has 2 bridgehead atoms. The lowest BCUT2D eigenvalue weighted by Gasteiger charge is -2.41. The highest BCUT2D eigenvalue weighted by Gasteiger charge is 2.69. The van der Waals surface area contributed by atoms with E-state index in [1.165, 1.54) is 0 Å². The average Bonchev–Trinajstić information content (AvgIpc) is 2.66. The lowest BCUT2D eigenvalue weighted by Crippen LogP contribution is -2.60. The normalized spacial score (nSPS) is 35.0. The molecule has 3 atom stereocenters. The molecule has 0 unspecified atom stereocenters. The van der Waals surface area contributed by atoms with Crippen molar-refractivity contribution in [1.29, 1.82) is 0 Å². The molecule has 2 saturated heterocycles. The van der Waals surface area contributed by atoms with Crippen molar-refractivity contribution >= 4 is 11.8 Å². The van der Waals surface area contributed by atoms with Gasteiger partial charge in [0.15, 0.2) is 5.78 Å². The van der Waals surface area contributed by atoms with Crippen LogP contribution in [0.1, 0.15) is 60.8 Å². The molecular weight excluding hydrogens is 284 g/mol. The lowest BCUT2D eigenvalue weighted by atomic mass is 9.83. The number of fused-ring (bicyclic) bond motifs is 2. The summed E-state index contributed by atoms with van der Waals surface area (Å²) in [5, 5.41) is 0. The van der Waals surface area contributed by atoms with Crippen LogP contribution in [0.15, 0.2) is 0 Å². The molecule has 0 N–H and O–H groups in total. The van der Waals surface area contributed by atoms with Crippen LogP contribution in [0.25, 0.3) is 0 Å². The second kappa shape index (κ2) is 5.60. The molecule has 0 aromatic heterocycles. The zero-order valence-corrected chi connectivity index (χ0v) is 14.5. The molecule has 0 aliphatic carbocycles. The molecule has 2 aliphatic heterocycles. The Kier molecular flexibility index (Phi) is 4.44. The number of carbonyl (C=O) groups is 2. The van der Waals surface area contributed by atoms with E-state index in [0.717, 1.165) is 0 Å². The number of rotatable bonds is 4. The van der Waals surface area contributed by atoms with Crippen LogP contribution in [0.4, 0.5) is 0 Å². The molecule has 5 nitrogen and oxygen atoms in total. The Bertz CT molecular complexity index is 464. The summed E-state index contributed by atoms with van der Waals surface area (Å²) in [6.07, 6.45) is 0.965. The van der Waals surface area contributed by atoms with Crippen molar-refractivity contribution in [3.8, 4) is 0 Å². The van der Waals surface area contributed by atoms with Crippen molar-refractivity contribution in [1.82, 2.24) is 0 Å². The van der Waals surface area contributed by atoms with Gasteiger partial charge in [-0.15, -0.1) is 0 Å². The number of carbonyl (C=O) groups excluding carboxylic acids is 2. The highest BCUT2D eigenvalue weighted by molar-refractivity contribution is 6.09. The van der Waals surface area contributed by atoms with Crippen LogP contribution in [-0.4, -0.2) is 41.3 Å². The van der Waals surface area contributed by atoms with E-state index in [9.17, 15) is 9.59 Å². The van der Waals surface area contributed by atoms with E-state index in [-0.39, 0.29) is 11.7 Å². The molecule has 2 heterocycles. The molecule has 2 fully saturated rings. The van der Waals surface area contributed by atoms with Crippen LogP contribution in [0, 0.1) is 5.92 Å². The van der Waals surface area contributed by atoms with Gasteiger partial charge in [-0.3, -0.25) is 4.79 Å². The maximum absolute atomic E-state index is 12.8. The second-order valence-electron chi connectivity index (χ2n) is 7.63. The van der Waals surface area contributed by atoms with Crippen molar-refractivity contribution in [2.45, 2.75) is 83.7 Å². The summed E-state index contributed by atoms with van der Waals surface area (Å²) in [7, 11) is 0. The van der Waals surface area contributed by atoms with Gasteiger partial charge in [-0.25, -0.2) is 4.79 Å². The predicted octanol–water partition coefficient (Wildman–Crippen LogP) is 2.65. The van der Waals surface area contributed by atoms with E-state index in [4.69, 9.17) is 14.2 Å². The van der Waals surface area contributed by atoms with Crippen molar-refractivity contribution < 1.29 is 23.8 Å². The fourth-order valence-corrected chi connectivity index (χ4v) is 3.45. The highest BCUT2D eigenvalue weighted by atomic mass is 16.6. The summed E-state index contributed by atoms with van der Waals surface area (Å²) in [5.41, 5.74) is -2.75. The molecule has 22 heavy (non-hydrogen) atoms. The van der Waals surface area contributed by atoms with Gasteiger partial charge in [0.25, 0.3) is 0 Å². The summed E-state index contributed by atoms with van der Waals surface area (Å²) < 4.78 is 17.4. The fourth-order valence-electron chi connectivity index (χ4n) is 3.45. The molecule has 126 valence electrons. The van der Waals surface area contributed by atoms with Gasteiger partial charge in [0, 0.05) is 19.4 Å². The second-order valence-corrected chi connectivity index (χ2v) is 7.63. The maximum Gasteiger partial charge on any atom is 0.349 e. The van der Waals surface area contributed by atoms with E-state index in [0.29, 0.717) is 25.9 Å². The Morgan fingerprint density at radius 1 is 1.41 bits per heavy atom. The highest BCUT2D eigenvalue weighted by Crippen LogP contribution is 2.52. The number of hydrogen-bond acceptors (Lipinski definition) is 5. The Balaban J connectivity index is 2.42. The molecule has 0 amide bonds. The van der Waals surface area contributed by atoms with E-state index < -0.39 is 28.9 Å². The minimum atomic E-state index is -1.59. The summed E-state index contributed by atoms with van der Waals surface area (Å²) in [6.45, 7) is 11.8. The molecule has 5 heteroatoms. The predicted molar refractivity (Wildman–Crippen MR) is 81.5 cm³/mol. The largest absolute Gasteiger partial charge is 0.457 e. The van der Waals surface area contributed by atoms with Gasteiger partial charge in [-0.05, 0) is 40.0 Å². The van der Waals surface area contributed by atoms with Gasteiger partial charge in [-0.1, -0.05) is 13.8 Å². The number of ketones is 1. The first kappa shape index (κ1) is 17.4. The minimum absolute atomic E-state index is 0.202. The van der Waals surface area contributed by atoms with Crippen molar-refractivity contribution in [3.63, 3.8) is 0 Å². The van der Waals surface area contributed by atoms with Crippen LogP contribution in [-0.2, 0) is 23.8 Å². The molecule has 2 rings (SSSR count). The third-order valence-electron chi connectivity index (χ3n) is 4.66. The SMILES string of the molecule is CCO[C@H]1C[C@@]2(C(C)C)CCC(=O)[C@]1(C(=O)OC(C)(C)C)O2. The molecule has 0 aromatic rings. The molecule has 0 spiro atoms. The smallest absolute Gasteiger partial charge is 0.349 e. The van der Waals surface area contributed by atoms with Gasteiger partial charge >= 0.3 is 5.97 Å². The van der Waals surface area contributed by atoms with Crippen molar-refractivity contribution in [3.05, 3.63) is 0 Å². The third kappa shape index (κ3) is 2.69. The molecule has 0 radical (unpaired) electrons. The van der Waals surface area contributed by atoms with Crippen molar-refractivity contribution in [2.75, 3.05) is 6.61 Å². The van der Waals surface area contributed by atoms with Gasteiger partial charge in [0.05, 0.1) is 5.60 Å². The van der Waals surface area contributed by atoms with Gasteiger partial charge in [-0.2, -0.15) is 0 Å². The molecular formula is C17H28O5. The van der Waals surface area contributed by atoms with Crippen LogP contribution < -0.4 is 0 Å². The number of esters is 1. The Morgan fingerprint density at radius 3 is 2.55 bits per heavy atom. The van der Waals surface area contributed by atoms with Crippen LogP contribution in [0.2, 0.25) is 0 Å². The Hall–Kier alpha value is -0.940. The quantitative estimate of drug-likeness (QED) is 0.590. The van der Waals surface area contributed by atoms with E-state index in [1.807, 2.05) is 6.92 Å². The van der Waals surface area contributed by atoms with E-state index in [2.05, 4.69) is 13.8 Å². The number of Topliss-reactive ketones (excluding diaryl/α,β-unsaturated/α-hetero) is 1. The third-order valence-corrected chi connectivity index (χ3v) is 4.66. The first-order valence-corrected chi connectivity index (χ1v) is 8.16. The summed E-state index contributed by atoms with van der Waals surface area (Å²) in [5.74, 6) is -0.618. The minimum Gasteiger partial charge on any atom is -0.457 e. The van der Waals surface area contributed by atoms with Gasteiger partial charge in [0.2, 0.25) is 5.60 Å². The first-order valence-electron chi connectivity index (χ1n) is 8.16. The van der Waals surface area contributed by atoms with Gasteiger partial charge in [0.1, 0.15) is 11.7 Å². The maximum atomic E-state index is 12.8. The Morgan fingerprint density at radius 2 is 2.05 bits per heavy atom. The van der Waals surface area contributed by atoms with E-state index in [1.54, 1.807) is 20.8 Å². The standard InChI is InChI=1S/C17H28O5/c1-7-20-13-10-16(11(2)3)9-8-12(18)17(13,22-16)14(19)21-15(4,5)6/h11,13H,7-10H2,1-6H3/t13-,16+,17-/m0/s1. The lowest BCUT2D eigenvalue weighted by molar-refractivity contribution is -0.213. The van der Waals surface area contributed by atoms with Crippen LogP contribution in [0.3, 0.4) is 0 Å². The van der Waals surface area contributed by atoms with E-state index >= 15 is 0 Å². The zero-order chi connectivity index (χ0) is 16.8. The summed E-state index contributed by atoms with van der Waals surface area (Å²) >= 11 is 0. The summed E-state index contributed by atoms with van der Waals surface area (Å²) in [6, 6.07) is 0. The monoisotopic (exact) mass is 312 g/mol. The van der Waals surface area contributed by atoms with Crippen LogP contribution in [0.5, 0.6) is 0 Å².